The first-order chi connectivity index (χ1) is 8.41. The lowest BCUT2D eigenvalue weighted by Crippen LogP contribution is -2.35. The summed E-state index contributed by atoms with van der Waals surface area (Å²) in [6.45, 7) is 0.403. The molecule has 0 aliphatic carbocycles. The molecule has 18 heavy (non-hydrogen) atoms. The fraction of sp³-hybridized carbons (Fsp3) is 0.600. The Bertz CT molecular complexity index is 472. The summed E-state index contributed by atoms with van der Waals surface area (Å²) in [6, 6.07) is 3.22. The van der Waals surface area contributed by atoms with Crippen molar-refractivity contribution in [2.24, 2.45) is 5.73 Å². The number of nitrogens with zero attached hydrogens (tertiary/aromatic N) is 1. The number of sulfonamides is 1. The van der Waals surface area contributed by atoms with Gasteiger partial charge >= 0.3 is 0 Å². The molecule has 0 fully saturated rings. The molecule has 3 N–H and O–H groups in total. The first kappa shape index (κ1) is 15.5. The minimum Gasteiger partial charge on any atom is -0.389 e. The third-order valence-corrected chi connectivity index (χ3v) is 5.73. The number of rotatable bonds is 7. The van der Waals surface area contributed by atoms with Gasteiger partial charge in [-0.3, -0.25) is 0 Å². The third-order valence-electron chi connectivity index (χ3n) is 2.33. The van der Waals surface area contributed by atoms with Crippen molar-refractivity contribution in [2.45, 2.75) is 16.9 Å². The second-order valence-corrected chi connectivity index (χ2v) is 7.26. The quantitative estimate of drug-likeness (QED) is 0.728. The van der Waals surface area contributed by atoms with Crippen LogP contribution in [0, 0.1) is 0 Å². The molecular weight excluding hydrogens is 276 g/mol. The second kappa shape index (κ2) is 6.60. The van der Waals surface area contributed by atoms with Crippen LogP contribution in [-0.2, 0) is 21.3 Å². The zero-order valence-electron chi connectivity index (χ0n) is 10.4. The van der Waals surface area contributed by atoms with Gasteiger partial charge in [-0.1, -0.05) is 0 Å². The molecule has 1 atom stereocenters. The number of ether oxygens (including phenoxy) is 1. The maximum absolute atomic E-state index is 12.1. The Labute approximate surface area is 111 Å². The van der Waals surface area contributed by atoms with E-state index < -0.39 is 16.1 Å². The van der Waals surface area contributed by atoms with Crippen LogP contribution in [0.1, 0.15) is 4.88 Å². The summed E-state index contributed by atoms with van der Waals surface area (Å²) in [4.78, 5) is 0.805. The summed E-state index contributed by atoms with van der Waals surface area (Å²) >= 11 is 1.14. The van der Waals surface area contributed by atoms with Crippen molar-refractivity contribution in [3.8, 4) is 0 Å². The largest absolute Gasteiger partial charge is 0.389 e. The Balaban J connectivity index is 2.79. The molecule has 104 valence electrons. The highest BCUT2D eigenvalue weighted by Crippen LogP contribution is 2.24. The second-order valence-electron chi connectivity index (χ2n) is 3.82. The summed E-state index contributed by atoms with van der Waals surface area (Å²) in [7, 11) is -0.685. The van der Waals surface area contributed by atoms with Crippen molar-refractivity contribution < 1.29 is 18.3 Å². The maximum atomic E-state index is 12.1. The molecule has 0 saturated carbocycles. The summed E-state index contributed by atoms with van der Waals surface area (Å²) in [6.07, 6.45) is -0.844. The van der Waals surface area contributed by atoms with Crippen molar-refractivity contribution in [3.63, 3.8) is 0 Å². The van der Waals surface area contributed by atoms with Crippen LogP contribution in [-0.4, -0.2) is 51.2 Å². The van der Waals surface area contributed by atoms with Gasteiger partial charge in [-0.2, -0.15) is 4.31 Å². The molecule has 1 aromatic heterocycles. The number of likely N-dealkylation sites (N-methyl/N-ethyl adjacent to an activating group) is 1. The number of thiophene rings is 1. The van der Waals surface area contributed by atoms with E-state index >= 15 is 0 Å². The van der Waals surface area contributed by atoms with E-state index in [0.717, 1.165) is 20.5 Å². The summed E-state index contributed by atoms with van der Waals surface area (Å²) in [5.74, 6) is 0. The Morgan fingerprint density at radius 2 is 2.22 bits per heavy atom. The fourth-order valence-electron chi connectivity index (χ4n) is 1.40. The van der Waals surface area contributed by atoms with E-state index in [1.54, 1.807) is 6.07 Å². The Hall–Kier alpha value is -0.510. The molecule has 1 rings (SSSR count). The van der Waals surface area contributed by atoms with Crippen LogP contribution in [0.15, 0.2) is 16.3 Å². The van der Waals surface area contributed by atoms with Crippen LogP contribution in [0.2, 0.25) is 0 Å². The highest BCUT2D eigenvalue weighted by atomic mass is 32.2. The van der Waals surface area contributed by atoms with Gasteiger partial charge in [0.2, 0.25) is 0 Å². The first-order valence-electron chi connectivity index (χ1n) is 5.34. The zero-order valence-corrected chi connectivity index (χ0v) is 12.0. The van der Waals surface area contributed by atoms with E-state index in [4.69, 9.17) is 10.5 Å². The van der Waals surface area contributed by atoms with Gasteiger partial charge in [0, 0.05) is 32.1 Å². The topological polar surface area (TPSA) is 92.9 Å². The molecule has 0 aliphatic heterocycles. The zero-order chi connectivity index (χ0) is 13.8. The van der Waals surface area contributed by atoms with Crippen molar-refractivity contribution in [1.29, 1.82) is 0 Å². The normalized spacial score (nSPS) is 14.1. The Kier molecular flexibility index (Phi) is 5.70. The van der Waals surface area contributed by atoms with Gasteiger partial charge < -0.3 is 15.6 Å². The van der Waals surface area contributed by atoms with E-state index in [2.05, 4.69) is 0 Å². The molecule has 1 heterocycles. The van der Waals surface area contributed by atoms with Crippen LogP contribution in [0.25, 0.3) is 0 Å². The molecular formula is C10H18N2O4S2. The molecule has 0 radical (unpaired) electrons. The van der Waals surface area contributed by atoms with Gasteiger partial charge in [-0.05, 0) is 12.1 Å². The van der Waals surface area contributed by atoms with Gasteiger partial charge in [-0.15, -0.1) is 11.3 Å². The van der Waals surface area contributed by atoms with E-state index in [1.807, 2.05) is 0 Å². The lowest BCUT2D eigenvalue weighted by Gasteiger charge is -2.19. The van der Waals surface area contributed by atoms with Crippen LogP contribution in [0.3, 0.4) is 0 Å². The standard InChI is InChI=1S/C10H18N2O4S2/c1-12(6-8(13)7-16-2)18(14,15)10-4-3-9(5-11)17-10/h3-4,8,13H,5-7,11H2,1-2H3. The number of aliphatic hydroxyl groups excluding tert-OH is 1. The molecule has 6 nitrogen and oxygen atoms in total. The minimum absolute atomic E-state index is 0.00791. The highest BCUT2D eigenvalue weighted by molar-refractivity contribution is 7.91. The first-order valence-corrected chi connectivity index (χ1v) is 7.59. The SMILES string of the molecule is COCC(O)CN(C)S(=O)(=O)c1ccc(CN)s1. The van der Waals surface area contributed by atoms with Crippen LogP contribution < -0.4 is 5.73 Å². The molecule has 0 aromatic carbocycles. The minimum atomic E-state index is -3.56. The number of hydrogen-bond donors (Lipinski definition) is 2. The molecule has 1 unspecified atom stereocenters. The van der Waals surface area contributed by atoms with Gasteiger partial charge in [0.25, 0.3) is 10.0 Å². The number of nitrogens with two attached hydrogens (primary N) is 1. The monoisotopic (exact) mass is 294 g/mol. The van der Waals surface area contributed by atoms with Gasteiger partial charge in [0.05, 0.1) is 12.7 Å². The summed E-state index contributed by atoms with van der Waals surface area (Å²) in [5.41, 5.74) is 5.45. The number of hydrogen-bond acceptors (Lipinski definition) is 6. The van der Waals surface area contributed by atoms with Crippen LogP contribution in [0.5, 0.6) is 0 Å². The molecule has 0 saturated heterocycles. The molecule has 0 spiro atoms. The van der Waals surface area contributed by atoms with Gasteiger partial charge in [0.1, 0.15) is 4.21 Å². The van der Waals surface area contributed by atoms with E-state index in [0.29, 0.717) is 6.54 Å². The van der Waals surface area contributed by atoms with Gasteiger partial charge in [0.15, 0.2) is 0 Å². The fourth-order valence-corrected chi connectivity index (χ4v) is 4.05. The number of methoxy groups -OCH3 is 1. The van der Waals surface area contributed by atoms with Crippen molar-refractivity contribution >= 4 is 21.4 Å². The van der Waals surface area contributed by atoms with E-state index in [9.17, 15) is 13.5 Å². The van der Waals surface area contributed by atoms with E-state index in [-0.39, 0.29) is 17.4 Å². The molecule has 1 aromatic rings. The van der Waals surface area contributed by atoms with Crippen molar-refractivity contribution in [1.82, 2.24) is 4.31 Å². The maximum Gasteiger partial charge on any atom is 0.252 e. The van der Waals surface area contributed by atoms with Crippen molar-refractivity contribution in [3.05, 3.63) is 17.0 Å². The molecule has 0 bridgehead atoms. The smallest absolute Gasteiger partial charge is 0.252 e. The summed E-state index contributed by atoms with van der Waals surface area (Å²) < 4.78 is 30.4. The Morgan fingerprint density at radius 3 is 2.72 bits per heavy atom. The average molecular weight is 294 g/mol. The average Bonchev–Trinajstić information content (AvgIpc) is 2.78. The Morgan fingerprint density at radius 1 is 1.56 bits per heavy atom. The summed E-state index contributed by atoms with van der Waals surface area (Å²) in [5, 5.41) is 9.53. The predicted octanol–water partition coefficient (Wildman–Crippen LogP) is -0.165. The van der Waals surface area contributed by atoms with Crippen LogP contribution >= 0.6 is 11.3 Å². The third kappa shape index (κ3) is 3.74. The van der Waals surface area contributed by atoms with E-state index in [1.165, 1.54) is 20.2 Å². The lowest BCUT2D eigenvalue weighted by atomic mass is 10.4. The van der Waals surface area contributed by atoms with Crippen LogP contribution in [0.4, 0.5) is 0 Å². The number of aliphatic hydroxyl groups is 1. The molecule has 0 amide bonds. The van der Waals surface area contributed by atoms with Crippen molar-refractivity contribution in [2.75, 3.05) is 27.3 Å². The molecule has 0 aliphatic rings. The lowest BCUT2D eigenvalue weighted by molar-refractivity contribution is 0.0554. The predicted molar refractivity (Wildman–Crippen MR) is 69.9 cm³/mol. The van der Waals surface area contributed by atoms with Gasteiger partial charge in [-0.25, -0.2) is 8.42 Å². The molecule has 8 heteroatoms. The highest BCUT2D eigenvalue weighted by Gasteiger charge is 2.24.